The van der Waals surface area contributed by atoms with Crippen molar-refractivity contribution in [1.82, 2.24) is 19.8 Å². The van der Waals surface area contributed by atoms with Crippen LogP contribution in [0.1, 0.15) is 11.1 Å². The highest BCUT2D eigenvalue weighted by molar-refractivity contribution is 6.31. The molecule has 5 nitrogen and oxygen atoms in total. The quantitative estimate of drug-likeness (QED) is 0.350. The number of rotatable bonds is 4. The lowest BCUT2D eigenvalue weighted by Crippen LogP contribution is -2.05. The van der Waals surface area contributed by atoms with Gasteiger partial charge in [-0.1, -0.05) is 59.3 Å². The van der Waals surface area contributed by atoms with Crippen LogP contribution in [0.2, 0.25) is 5.02 Å². The van der Waals surface area contributed by atoms with E-state index < -0.39 is 11.7 Å². The van der Waals surface area contributed by atoms with Gasteiger partial charge >= 0.3 is 6.18 Å². The van der Waals surface area contributed by atoms with Gasteiger partial charge in [-0.2, -0.15) is 17.7 Å². The van der Waals surface area contributed by atoms with Gasteiger partial charge in [0.15, 0.2) is 5.65 Å². The molecule has 0 bridgehead atoms. The Labute approximate surface area is 185 Å². The Morgan fingerprint density at radius 3 is 2.53 bits per heavy atom. The largest absolute Gasteiger partial charge is 0.416 e. The van der Waals surface area contributed by atoms with Crippen molar-refractivity contribution >= 4 is 34.0 Å². The van der Waals surface area contributed by atoms with E-state index in [1.54, 1.807) is 24.3 Å². The number of benzene rings is 3. The first-order chi connectivity index (χ1) is 15.4. The average molecular weight is 454 g/mol. The van der Waals surface area contributed by atoms with E-state index in [1.807, 2.05) is 30.3 Å². The fraction of sp³-hybridized carbons (Fsp3) is 0.0870. The van der Waals surface area contributed by atoms with Gasteiger partial charge in [0.05, 0.1) is 11.1 Å². The molecule has 0 aliphatic carbocycles. The first-order valence-electron chi connectivity index (χ1n) is 9.70. The maximum atomic E-state index is 13.2. The van der Waals surface area contributed by atoms with E-state index in [2.05, 4.69) is 20.6 Å². The van der Waals surface area contributed by atoms with Gasteiger partial charge in [0, 0.05) is 22.5 Å². The maximum absolute atomic E-state index is 13.2. The Morgan fingerprint density at radius 1 is 0.938 bits per heavy atom. The lowest BCUT2D eigenvalue weighted by molar-refractivity contribution is -0.137. The third-order valence-electron chi connectivity index (χ3n) is 5.07. The van der Waals surface area contributed by atoms with E-state index in [0.29, 0.717) is 28.5 Å². The summed E-state index contributed by atoms with van der Waals surface area (Å²) in [6.07, 6.45) is -4.46. The van der Waals surface area contributed by atoms with Gasteiger partial charge in [-0.15, -0.1) is 5.10 Å². The Hall–Kier alpha value is -3.65. The van der Waals surface area contributed by atoms with E-state index in [4.69, 9.17) is 11.6 Å². The van der Waals surface area contributed by atoms with Gasteiger partial charge in [0.1, 0.15) is 11.5 Å². The van der Waals surface area contributed by atoms with Crippen molar-refractivity contribution in [3.8, 4) is 11.3 Å². The van der Waals surface area contributed by atoms with Crippen LogP contribution in [0.3, 0.4) is 0 Å². The molecule has 160 valence electrons. The molecule has 0 amide bonds. The van der Waals surface area contributed by atoms with E-state index in [1.165, 1.54) is 10.6 Å². The van der Waals surface area contributed by atoms with Gasteiger partial charge in [-0.25, -0.2) is 4.98 Å². The Bertz CT molecular complexity index is 1430. The highest BCUT2D eigenvalue weighted by Gasteiger charge is 2.31. The van der Waals surface area contributed by atoms with E-state index >= 15 is 0 Å². The van der Waals surface area contributed by atoms with Gasteiger partial charge in [-0.3, -0.25) is 0 Å². The summed E-state index contributed by atoms with van der Waals surface area (Å²) in [5.74, 6) is 0.536. The molecule has 0 aliphatic rings. The molecule has 0 radical (unpaired) electrons. The fourth-order valence-corrected chi connectivity index (χ4v) is 3.71. The summed E-state index contributed by atoms with van der Waals surface area (Å²) in [4.78, 5) is 4.67. The van der Waals surface area contributed by atoms with Crippen LogP contribution in [-0.2, 0) is 12.7 Å². The molecule has 32 heavy (non-hydrogen) atoms. The third-order valence-corrected chi connectivity index (χ3v) is 5.31. The smallest absolute Gasteiger partial charge is 0.365 e. The molecule has 2 heterocycles. The van der Waals surface area contributed by atoms with Crippen molar-refractivity contribution in [2.75, 3.05) is 5.32 Å². The summed E-state index contributed by atoms with van der Waals surface area (Å²) in [5, 5.41) is 12.9. The van der Waals surface area contributed by atoms with Crippen molar-refractivity contribution in [2.45, 2.75) is 12.7 Å². The highest BCUT2D eigenvalue weighted by atomic mass is 35.5. The zero-order valence-corrected chi connectivity index (χ0v) is 17.2. The Kier molecular flexibility index (Phi) is 4.94. The molecule has 9 heteroatoms. The SMILES string of the molecule is FC(F)(F)c1cccc(-c2nnn3c2nc(NCc2ccccc2)c2cc(Cl)ccc23)c1. The molecule has 0 spiro atoms. The Balaban J connectivity index is 1.67. The maximum Gasteiger partial charge on any atom is 0.416 e. The number of nitrogens with one attached hydrogen (secondary N) is 1. The van der Waals surface area contributed by atoms with E-state index in [0.717, 1.165) is 23.1 Å². The number of hydrogen-bond donors (Lipinski definition) is 1. The van der Waals surface area contributed by atoms with Crippen LogP contribution in [0.15, 0.2) is 72.8 Å². The minimum absolute atomic E-state index is 0.260. The molecule has 5 rings (SSSR count). The summed E-state index contributed by atoms with van der Waals surface area (Å²) < 4.78 is 41.2. The van der Waals surface area contributed by atoms with E-state index in [9.17, 15) is 13.2 Å². The lowest BCUT2D eigenvalue weighted by Gasteiger charge is -2.11. The van der Waals surface area contributed by atoms with Crippen LogP contribution in [-0.4, -0.2) is 19.8 Å². The second-order valence-corrected chi connectivity index (χ2v) is 7.65. The van der Waals surface area contributed by atoms with Gasteiger partial charge < -0.3 is 5.32 Å². The van der Waals surface area contributed by atoms with Gasteiger partial charge in [-0.05, 0) is 35.9 Å². The molecule has 0 saturated carbocycles. The normalized spacial score (nSPS) is 11.9. The number of hydrogen-bond acceptors (Lipinski definition) is 4. The molecule has 5 aromatic rings. The van der Waals surface area contributed by atoms with Crippen molar-refractivity contribution in [2.24, 2.45) is 0 Å². The Morgan fingerprint density at radius 2 is 1.75 bits per heavy atom. The van der Waals surface area contributed by atoms with Crippen LogP contribution in [0.5, 0.6) is 0 Å². The second kappa shape index (κ2) is 7.80. The minimum atomic E-state index is -4.46. The van der Waals surface area contributed by atoms with Crippen LogP contribution in [0, 0.1) is 0 Å². The minimum Gasteiger partial charge on any atom is -0.365 e. The third kappa shape index (κ3) is 3.73. The molecule has 0 fully saturated rings. The van der Waals surface area contributed by atoms with Gasteiger partial charge in [0.25, 0.3) is 0 Å². The molecule has 2 aromatic heterocycles. The molecule has 0 atom stereocenters. The first-order valence-corrected chi connectivity index (χ1v) is 10.1. The predicted octanol–water partition coefficient (Wildman–Crippen LogP) is 6.23. The van der Waals surface area contributed by atoms with Gasteiger partial charge in [0.2, 0.25) is 0 Å². The van der Waals surface area contributed by atoms with Crippen LogP contribution in [0.25, 0.3) is 27.8 Å². The molecule has 0 aliphatic heterocycles. The lowest BCUT2D eigenvalue weighted by atomic mass is 10.1. The van der Waals surface area contributed by atoms with Crippen molar-refractivity contribution in [1.29, 1.82) is 0 Å². The number of alkyl halides is 3. The molecular weight excluding hydrogens is 439 g/mol. The number of anilines is 1. The number of fused-ring (bicyclic) bond motifs is 3. The second-order valence-electron chi connectivity index (χ2n) is 7.21. The molecule has 0 unspecified atom stereocenters. The summed E-state index contributed by atoms with van der Waals surface area (Å²) in [5.41, 5.74) is 1.86. The molecule has 0 saturated heterocycles. The van der Waals surface area contributed by atoms with Crippen molar-refractivity contribution < 1.29 is 13.2 Å². The first kappa shape index (κ1) is 20.3. The zero-order valence-electron chi connectivity index (χ0n) is 16.4. The average Bonchev–Trinajstić information content (AvgIpc) is 3.21. The number of halogens is 4. The molecule has 1 N–H and O–H groups in total. The predicted molar refractivity (Wildman–Crippen MR) is 118 cm³/mol. The standard InChI is InChI=1S/C23H15ClF3N5/c24-17-9-10-19-18(12-17)21(28-13-14-5-2-1-3-6-14)29-22-20(30-31-32(19)22)15-7-4-8-16(11-15)23(25,26)27/h1-12H,13H2,(H,28,29). The topological polar surface area (TPSA) is 55.1 Å². The van der Waals surface area contributed by atoms with Crippen LogP contribution in [0.4, 0.5) is 19.0 Å². The molecule has 3 aromatic carbocycles. The monoisotopic (exact) mass is 453 g/mol. The number of nitrogens with zero attached hydrogens (tertiary/aromatic N) is 4. The number of aromatic nitrogens is 4. The summed E-state index contributed by atoms with van der Waals surface area (Å²) in [6.45, 7) is 0.506. The highest BCUT2D eigenvalue weighted by Crippen LogP contribution is 2.34. The fourth-order valence-electron chi connectivity index (χ4n) is 3.53. The van der Waals surface area contributed by atoms with E-state index in [-0.39, 0.29) is 11.3 Å². The van der Waals surface area contributed by atoms with Crippen LogP contribution < -0.4 is 5.32 Å². The summed E-state index contributed by atoms with van der Waals surface area (Å²) in [6, 6.07) is 20.0. The zero-order chi connectivity index (χ0) is 22.3. The molecular formula is C23H15ClF3N5. The van der Waals surface area contributed by atoms with Crippen molar-refractivity contribution in [3.05, 3.63) is 88.9 Å². The summed E-state index contributed by atoms with van der Waals surface area (Å²) >= 11 is 6.21. The summed E-state index contributed by atoms with van der Waals surface area (Å²) in [7, 11) is 0. The van der Waals surface area contributed by atoms with Crippen molar-refractivity contribution in [3.63, 3.8) is 0 Å². The van der Waals surface area contributed by atoms with Crippen LogP contribution >= 0.6 is 11.6 Å².